The molecular weight excluding hydrogens is 178 g/mol. The first-order valence-corrected chi connectivity index (χ1v) is 5.00. The number of aliphatic hydroxyl groups is 1. The Kier molecular flexibility index (Phi) is 2.68. The molecule has 0 amide bonds. The van der Waals surface area contributed by atoms with Crippen LogP contribution in [0.4, 0.5) is 0 Å². The van der Waals surface area contributed by atoms with Crippen LogP contribution in [0.2, 0.25) is 0 Å². The maximum atomic E-state index is 8.96. The zero-order valence-electron chi connectivity index (χ0n) is 8.36. The van der Waals surface area contributed by atoms with Crippen LogP contribution in [0.1, 0.15) is 24.1 Å². The van der Waals surface area contributed by atoms with Crippen LogP contribution in [0.5, 0.6) is 5.88 Å². The fourth-order valence-electron chi connectivity index (χ4n) is 1.30. The van der Waals surface area contributed by atoms with Gasteiger partial charge in [0.1, 0.15) is 0 Å². The molecule has 3 nitrogen and oxygen atoms in total. The van der Waals surface area contributed by atoms with Gasteiger partial charge in [-0.05, 0) is 37.3 Å². The first-order valence-electron chi connectivity index (χ1n) is 5.00. The van der Waals surface area contributed by atoms with Gasteiger partial charge in [0.25, 0.3) is 0 Å². The summed E-state index contributed by atoms with van der Waals surface area (Å²) in [5, 5.41) is 8.96. The third-order valence-electron chi connectivity index (χ3n) is 2.50. The largest absolute Gasteiger partial charge is 0.477 e. The first-order chi connectivity index (χ1) is 6.79. The highest BCUT2D eigenvalue weighted by atomic mass is 16.5. The highest BCUT2D eigenvalue weighted by Gasteiger charge is 2.22. The fraction of sp³-hybridized carbons (Fsp3) is 0.545. The lowest BCUT2D eigenvalue weighted by Gasteiger charge is -2.06. The van der Waals surface area contributed by atoms with Crippen molar-refractivity contribution in [2.24, 2.45) is 5.92 Å². The molecule has 2 rings (SSSR count). The molecule has 0 bridgehead atoms. The van der Waals surface area contributed by atoms with Gasteiger partial charge in [0, 0.05) is 11.8 Å². The van der Waals surface area contributed by atoms with Gasteiger partial charge in [0.2, 0.25) is 5.88 Å². The second kappa shape index (κ2) is 3.96. The van der Waals surface area contributed by atoms with Gasteiger partial charge in [0.05, 0.1) is 13.2 Å². The third-order valence-corrected chi connectivity index (χ3v) is 2.50. The van der Waals surface area contributed by atoms with Crippen molar-refractivity contribution in [3.8, 4) is 5.88 Å². The lowest BCUT2D eigenvalue weighted by molar-refractivity contribution is 0.275. The van der Waals surface area contributed by atoms with Gasteiger partial charge in [-0.15, -0.1) is 0 Å². The predicted molar refractivity (Wildman–Crippen MR) is 53.1 cm³/mol. The Morgan fingerprint density at radius 2 is 2.29 bits per heavy atom. The van der Waals surface area contributed by atoms with E-state index in [0.717, 1.165) is 23.8 Å². The van der Waals surface area contributed by atoms with Crippen LogP contribution in [-0.4, -0.2) is 16.7 Å². The Morgan fingerprint density at radius 3 is 2.86 bits per heavy atom. The van der Waals surface area contributed by atoms with E-state index in [0.29, 0.717) is 5.88 Å². The smallest absolute Gasteiger partial charge is 0.213 e. The minimum Gasteiger partial charge on any atom is -0.477 e. The highest BCUT2D eigenvalue weighted by molar-refractivity contribution is 5.24. The van der Waals surface area contributed by atoms with Crippen LogP contribution in [0.25, 0.3) is 0 Å². The third kappa shape index (κ3) is 2.23. The van der Waals surface area contributed by atoms with Crippen molar-refractivity contribution >= 4 is 0 Å². The molecule has 0 saturated heterocycles. The average Bonchev–Trinajstić information content (AvgIpc) is 2.98. The van der Waals surface area contributed by atoms with Crippen LogP contribution in [-0.2, 0) is 6.61 Å². The van der Waals surface area contributed by atoms with Crippen molar-refractivity contribution in [1.29, 1.82) is 0 Å². The maximum absolute atomic E-state index is 8.96. The van der Waals surface area contributed by atoms with Crippen molar-refractivity contribution in [2.45, 2.75) is 26.4 Å². The molecule has 3 heteroatoms. The van der Waals surface area contributed by atoms with Crippen molar-refractivity contribution < 1.29 is 9.84 Å². The van der Waals surface area contributed by atoms with Gasteiger partial charge in [-0.2, -0.15) is 0 Å². The summed E-state index contributed by atoms with van der Waals surface area (Å²) in [6.45, 7) is 2.71. The number of aromatic nitrogens is 1. The zero-order valence-corrected chi connectivity index (χ0v) is 8.36. The number of nitrogens with zero attached hydrogens (tertiary/aromatic N) is 1. The first kappa shape index (κ1) is 9.46. The summed E-state index contributed by atoms with van der Waals surface area (Å²) in [7, 11) is 0. The van der Waals surface area contributed by atoms with Gasteiger partial charge in [-0.1, -0.05) is 0 Å². The summed E-state index contributed by atoms with van der Waals surface area (Å²) in [4.78, 5) is 4.26. The van der Waals surface area contributed by atoms with Gasteiger partial charge in [0.15, 0.2) is 0 Å². The fourth-order valence-corrected chi connectivity index (χ4v) is 1.30. The molecule has 1 heterocycles. The van der Waals surface area contributed by atoms with Gasteiger partial charge < -0.3 is 9.84 Å². The lowest BCUT2D eigenvalue weighted by atomic mass is 10.2. The number of hydrogen-bond acceptors (Lipinski definition) is 3. The van der Waals surface area contributed by atoms with E-state index in [2.05, 4.69) is 4.98 Å². The van der Waals surface area contributed by atoms with Crippen LogP contribution in [0.3, 0.4) is 0 Å². The summed E-state index contributed by atoms with van der Waals surface area (Å²) in [6.07, 6.45) is 2.57. The van der Waals surface area contributed by atoms with Gasteiger partial charge in [-0.25, -0.2) is 4.98 Å². The SMILES string of the molecule is Cc1nc(OCC2CC2)ccc1CO. The number of hydrogen-bond donors (Lipinski definition) is 1. The van der Waals surface area contributed by atoms with Gasteiger partial charge in [-0.3, -0.25) is 0 Å². The maximum Gasteiger partial charge on any atom is 0.213 e. The number of rotatable bonds is 4. The number of aryl methyl sites for hydroxylation is 1. The van der Waals surface area contributed by atoms with Crippen molar-refractivity contribution in [2.75, 3.05) is 6.61 Å². The molecule has 76 valence electrons. The number of pyridine rings is 1. The predicted octanol–water partition coefficient (Wildman–Crippen LogP) is 1.67. The normalized spacial score (nSPS) is 15.6. The molecule has 14 heavy (non-hydrogen) atoms. The Labute approximate surface area is 83.7 Å². The van der Waals surface area contributed by atoms with Crippen molar-refractivity contribution in [1.82, 2.24) is 4.98 Å². The Hall–Kier alpha value is -1.09. The molecule has 0 radical (unpaired) electrons. The summed E-state index contributed by atoms with van der Waals surface area (Å²) in [5.41, 5.74) is 1.71. The zero-order chi connectivity index (χ0) is 9.97. The van der Waals surface area contributed by atoms with Gasteiger partial charge >= 0.3 is 0 Å². The van der Waals surface area contributed by atoms with Crippen LogP contribution < -0.4 is 4.74 Å². The summed E-state index contributed by atoms with van der Waals surface area (Å²) in [6, 6.07) is 3.69. The van der Waals surface area contributed by atoms with E-state index in [4.69, 9.17) is 9.84 Å². The van der Waals surface area contributed by atoms with Crippen LogP contribution >= 0.6 is 0 Å². The van der Waals surface area contributed by atoms with E-state index in [1.165, 1.54) is 12.8 Å². The monoisotopic (exact) mass is 193 g/mol. The second-order valence-electron chi connectivity index (χ2n) is 3.81. The Balaban J connectivity index is 1.99. The van der Waals surface area contributed by atoms with E-state index in [9.17, 15) is 0 Å². The minimum atomic E-state index is 0.0434. The Morgan fingerprint density at radius 1 is 1.50 bits per heavy atom. The highest BCUT2D eigenvalue weighted by Crippen LogP contribution is 2.29. The van der Waals surface area contributed by atoms with E-state index >= 15 is 0 Å². The molecule has 0 atom stereocenters. The molecule has 1 aliphatic rings. The van der Waals surface area contributed by atoms with Crippen molar-refractivity contribution in [3.05, 3.63) is 23.4 Å². The molecule has 1 N–H and O–H groups in total. The summed E-state index contributed by atoms with van der Waals surface area (Å²) >= 11 is 0. The second-order valence-corrected chi connectivity index (χ2v) is 3.81. The van der Waals surface area contributed by atoms with E-state index in [-0.39, 0.29) is 6.61 Å². The minimum absolute atomic E-state index is 0.0434. The molecule has 0 unspecified atom stereocenters. The molecule has 1 aliphatic carbocycles. The standard InChI is InChI=1S/C11H15NO2/c1-8-10(6-13)4-5-11(12-8)14-7-9-2-3-9/h4-5,9,13H,2-3,6-7H2,1H3. The van der Waals surface area contributed by atoms with E-state index in [1.54, 1.807) is 0 Å². The van der Waals surface area contributed by atoms with Crippen molar-refractivity contribution in [3.63, 3.8) is 0 Å². The summed E-state index contributed by atoms with van der Waals surface area (Å²) in [5.74, 6) is 1.42. The molecule has 0 aromatic carbocycles. The quantitative estimate of drug-likeness (QED) is 0.791. The lowest BCUT2D eigenvalue weighted by Crippen LogP contribution is -2.02. The molecule has 0 spiro atoms. The molecule has 1 aromatic rings. The van der Waals surface area contributed by atoms with Crippen LogP contribution in [0.15, 0.2) is 12.1 Å². The molecule has 1 fully saturated rings. The van der Waals surface area contributed by atoms with Crippen LogP contribution in [0, 0.1) is 12.8 Å². The molecule has 1 aromatic heterocycles. The molecule has 0 aliphatic heterocycles. The van der Waals surface area contributed by atoms with E-state index < -0.39 is 0 Å². The van der Waals surface area contributed by atoms with E-state index in [1.807, 2.05) is 19.1 Å². The number of aliphatic hydroxyl groups excluding tert-OH is 1. The Bertz CT molecular complexity index is 321. The topological polar surface area (TPSA) is 42.4 Å². The molecule has 1 saturated carbocycles. The molecular formula is C11H15NO2. The summed E-state index contributed by atoms with van der Waals surface area (Å²) < 4.78 is 5.52. The number of ether oxygens (including phenoxy) is 1. The average molecular weight is 193 g/mol.